The molecule has 0 aliphatic rings. The average Bonchev–Trinajstić information content (AvgIpc) is 2.30. The second kappa shape index (κ2) is 5.99. The molecule has 1 aromatic carbocycles. The summed E-state index contributed by atoms with van der Waals surface area (Å²) in [6, 6.07) is 7.07. The van der Waals surface area contributed by atoms with Gasteiger partial charge in [0.25, 0.3) is 0 Å². The van der Waals surface area contributed by atoms with E-state index < -0.39 is 6.10 Å². The maximum atomic E-state index is 9.64. The van der Waals surface area contributed by atoms with E-state index in [1.807, 2.05) is 13.0 Å². The zero-order valence-corrected chi connectivity index (χ0v) is 9.43. The molecule has 1 N–H and O–H groups in total. The van der Waals surface area contributed by atoms with Gasteiger partial charge in [-0.3, -0.25) is 0 Å². The largest absolute Gasteiger partial charge is 0.493 e. The number of methoxy groups -OCH3 is 1. The lowest BCUT2D eigenvalue weighted by Crippen LogP contribution is -1.99. The van der Waals surface area contributed by atoms with Crippen molar-refractivity contribution >= 4 is 0 Å². The molecule has 0 saturated carbocycles. The second-order valence-electron chi connectivity index (χ2n) is 3.22. The number of nitrogens with zero attached hydrogens (tertiary/aromatic N) is 1. The van der Waals surface area contributed by atoms with Crippen molar-refractivity contribution in [1.82, 2.24) is 0 Å². The molecule has 1 atom stereocenters. The van der Waals surface area contributed by atoms with Crippen molar-refractivity contribution in [2.24, 2.45) is 0 Å². The minimum absolute atomic E-state index is 0.0666. The summed E-state index contributed by atoms with van der Waals surface area (Å²) >= 11 is 0. The van der Waals surface area contributed by atoms with Crippen LogP contribution in [-0.2, 0) is 0 Å². The molecule has 0 heterocycles. The quantitative estimate of drug-likeness (QED) is 0.826. The highest BCUT2D eigenvalue weighted by Crippen LogP contribution is 2.30. The molecule has 0 aliphatic heterocycles. The minimum Gasteiger partial charge on any atom is -0.493 e. The molecule has 86 valence electrons. The Hall–Kier alpha value is -1.73. The average molecular weight is 221 g/mol. The van der Waals surface area contributed by atoms with E-state index in [1.165, 1.54) is 7.11 Å². The van der Waals surface area contributed by atoms with Crippen LogP contribution in [0, 0.1) is 11.3 Å². The van der Waals surface area contributed by atoms with Crippen LogP contribution in [0.5, 0.6) is 11.5 Å². The zero-order valence-electron chi connectivity index (χ0n) is 9.43. The van der Waals surface area contributed by atoms with Crippen LogP contribution in [0.1, 0.15) is 25.0 Å². The zero-order chi connectivity index (χ0) is 12.0. The van der Waals surface area contributed by atoms with Crippen molar-refractivity contribution in [2.45, 2.75) is 19.4 Å². The number of hydrogen-bond acceptors (Lipinski definition) is 4. The van der Waals surface area contributed by atoms with E-state index in [2.05, 4.69) is 0 Å². The molecule has 16 heavy (non-hydrogen) atoms. The Morgan fingerprint density at radius 1 is 1.44 bits per heavy atom. The summed E-state index contributed by atoms with van der Waals surface area (Å²) in [4.78, 5) is 0. The molecule has 4 heteroatoms. The van der Waals surface area contributed by atoms with Crippen LogP contribution in [0.25, 0.3) is 0 Å². The molecule has 0 radical (unpaired) electrons. The number of rotatable bonds is 5. The van der Waals surface area contributed by atoms with E-state index in [0.717, 1.165) is 0 Å². The lowest BCUT2D eigenvalue weighted by atomic mass is 10.1. The van der Waals surface area contributed by atoms with Crippen LogP contribution >= 0.6 is 0 Å². The number of hydrogen-bond donors (Lipinski definition) is 1. The minimum atomic E-state index is -0.783. The van der Waals surface area contributed by atoms with E-state index in [9.17, 15) is 5.11 Å². The molecule has 1 rings (SSSR count). The fourth-order valence-corrected chi connectivity index (χ4v) is 1.37. The summed E-state index contributed by atoms with van der Waals surface area (Å²) in [6.45, 7) is 2.44. The van der Waals surface area contributed by atoms with Gasteiger partial charge in [-0.15, -0.1) is 0 Å². The highest BCUT2D eigenvalue weighted by Gasteiger charge is 2.11. The first kappa shape index (κ1) is 12.3. The molecule has 0 spiro atoms. The lowest BCUT2D eigenvalue weighted by Gasteiger charge is -2.12. The Balaban J connectivity index is 2.95. The first-order valence-corrected chi connectivity index (χ1v) is 5.08. The summed E-state index contributed by atoms with van der Waals surface area (Å²) in [7, 11) is 1.54. The molecular formula is C12H15NO3. The number of aliphatic hydroxyl groups is 1. The molecule has 0 saturated heterocycles. The summed E-state index contributed by atoms with van der Waals surface area (Å²) in [5, 5.41) is 18.1. The van der Waals surface area contributed by atoms with Crippen LogP contribution in [0.15, 0.2) is 18.2 Å². The van der Waals surface area contributed by atoms with Crippen molar-refractivity contribution in [3.05, 3.63) is 23.8 Å². The van der Waals surface area contributed by atoms with Gasteiger partial charge in [0, 0.05) is 0 Å². The highest BCUT2D eigenvalue weighted by atomic mass is 16.5. The Bertz CT molecular complexity index is 384. The van der Waals surface area contributed by atoms with Gasteiger partial charge in [-0.05, 0) is 24.6 Å². The van der Waals surface area contributed by atoms with E-state index in [0.29, 0.717) is 23.7 Å². The third-order valence-corrected chi connectivity index (χ3v) is 2.16. The second-order valence-corrected chi connectivity index (χ2v) is 3.22. The predicted molar refractivity (Wildman–Crippen MR) is 59.4 cm³/mol. The van der Waals surface area contributed by atoms with E-state index in [1.54, 1.807) is 18.2 Å². The fraction of sp³-hybridized carbons (Fsp3) is 0.417. The molecule has 1 aromatic rings. The topological polar surface area (TPSA) is 62.5 Å². The first-order chi connectivity index (χ1) is 7.72. The van der Waals surface area contributed by atoms with Gasteiger partial charge in [-0.2, -0.15) is 5.26 Å². The number of ether oxygens (including phenoxy) is 2. The van der Waals surface area contributed by atoms with Gasteiger partial charge in [0.15, 0.2) is 11.5 Å². The molecule has 0 aliphatic carbocycles. The standard InChI is InChI=1S/C12H15NO3/c1-3-16-11-5-4-9(8-12(11)15-2)10(14)6-7-13/h4-5,8,10,14H,3,6H2,1-2H3. The molecule has 0 amide bonds. The molecule has 0 bridgehead atoms. The maximum Gasteiger partial charge on any atom is 0.161 e. The van der Waals surface area contributed by atoms with Crippen molar-refractivity contribution in [2.75, 3.05) is 13.7 Å². The smallest absolute Gasteiger partial charge is 0.161 e. The van der Waals surface area contributed by atoms with Crippen LogP contribution in [-0.4, -0.2) is 18.8 Å². The Morgan fingerprint density at radius 3 is 2.75 bits per heavy atom. The van der Waals surface area contributed by atoms with Gasteiger partial charge >= 0.3 is 0 Å². The van der Waals surface area contributed by atoms with Crippen molar-refractivity contribution in [1.29, 1.82) is 5.26 Å². The highest BCUT2D eigenvalue weighted by molar-refractivity contribution is 5.43. The van der Waals surface area contributed by atoms with E-state index in [4.69, 9.17) is 14.7 Å². The van der Waals surface area contributed by atoms with Gasteiger partial charge in [0.2, 0.25) is 0 Å². The lowest BCUT2D eigenvalue weighted by molar-refractivity contribution is 0.182. The van der Waals surface area contributed by atoms with Gasteiger partial charge in [-0.1, -0.05) is 6.07 Å². The fourth-order valence-electron chi connectivity index (χ4n) is 1.37. The van der Waals surface area contributed by atoms with Crippen LogP contribution in [0.4, 0.5) is 0 Å². The number of benzene rings is 1. The third kappa shape index (κ3) is 2.88. The Labute approximate surface area is 95.0 Å². The molecule has 0 aromatic heterocycles. The predicted octanol–water partition coefficient (Wildman–Crippen LogP) is 2.04. The summed E-state index contributed by atoms with van der Waals surface area (Å²) in [6.07, 6.45) is -0.716. The number of nitriles is 1. The Morgan fingerprint density at radius 2 is 2.19 bits per heavy atom. The first-order valence-electron chi connectivity index (χ1n) is 5.08. The van der Waals surface area contributed by atoms with Crippen LogP contribution in [0.3, 0.4) is 0 Å². The van der Waals surface area contributed by atoms with Crippen LogP contribution in [0.2, 0.25) is 0 Å². The SMILES string of the molecule is CCOc1ccc(C(O)CC#N)cc1OC. The van der Waals surface area contributed by atoms with Crippen molar-refractivity contribution in [3.63, 3.8) is 0 Å². The van der Waals surface area contributed by atoms with Crippen LogP contribution < -0.4 is 9.47 Å². The Kier molecular flexibility index (Phi) is 4.62. The van der Waals surface area contributed by atoms with E-state index in [-0.39, 0.29) is 6.42 Å². The molecule has 4 nitrogen and oxygen atoms in total. The van der Waals surface area contributed by atoms with Gasteiger partial charge in [0.1, 0.15) is 0 Å². The molecule has 0 fully saturated rings. The van der Waals surface area contributed by atoms with E-state index >= 15 is 0 Å². The summed E-state index contributed by atoms with van der Waals surface area (Å²) < 4.78 is 10.5. The number of aliphatic hydroxyl groups excluding tert-OH is 1. The monoisotopic (exact) mass is 221 g/mol. The molecular weight excluding hydrogens is 206 g/mol. The normalized spacial score (nSPS) is 11.6. The third-order valence-electron chi connectivity index (χ3n) is 2.16. The van der Waals surface area contributed by atoms with Crippen molar-refractivity contribution in [3.8, 4) is 17.6 Å². The molecule has 1 unspecified atom stereocenters. The maximum absolute atomic E-state index is 9.64. The van der Waals surface area contributed by atoms with Gasteiger partial charge < -0.3 is 14.6 Å². The van der Waals surface area contributed by atoms with Crippen molar-refractivity contribution < 1.29 is 14.6 Å². The summed E-state index contributed by atoms with van der Waals surface area (Å²) in [5.41, 5.74) is 0.654. The summed E-state index contributed by atoms with van der Waals surface area (Å²) in [5.74, 6) is 1.20. The van der Waals surface area contributed by atoms with Gasteiger partial charge in [-0.25, -0.2) is 0 Å². The van der Waals surface area contributed by atoms with Gasteiger partial charge in [0.05, 0.1) is 32.3 Å².